The second kappa shape index (κ2) is 5.53. The lowest BCUT2D eigenvalue weighted by molar-refractivity contribution is -0.170. The number of halogens is 4. The minimum Gasteiger partial charge on any atom is -0.304 e. The molecule has 0 radical (unpaired) electrons. The van der Waals surface area contributed by atoms with Crippen LogP contribution in [-0.4, -0.2) is 24.0 Å². The summed E-state index contributed by atoms with van der Waals surface area (Å²) in [4.78, 5) is 12.2. The van der Waals surface area contributed by atoms with E-state index in [4.69, 9.17) is 0 Å². The summed E-state index contributed by atoms with van der Waals surface area (Å²) in [5.41, 5.74) is 2.28. The fourth-order valence-electron chi connectivity index (χ4n) is 2.28. The molecule has 1 aromatic carbocycles. The monoisotopic (exact) mass is 335 g/mol. The van der Waals surface area contributed by atoms with Crippen LogP contribution in [0.2, 0.25) is 0 Å². The first-order valence-corrected chi connectivity index (χ1v) is 7.12. The molecule has 1 aromatic rings. The molecule has 2 nitrogen and oxygen atoms in total. The average molecular weight is 336 g/mol. The summed E-state index contributed by atoms with van der Waals surface area (Å²) < 4.78 is 37.6. The molecule has 0 saturated heterocycles. The van der Waals surface area contributed by atoms with E-state index in [0.717, 1.165) is 27.8 Å². The number of benzene rings is 1. The van der Waals surface area contributed by atoms with Crippen molar-refractivity contribution >= 4 is 27.5 Å². The number of fused-ring (bicyclic) bond motifs is 1. The Balaban J connectivity index is 2.32. The van der Waals surface area contributed by atoms with E-state index in [9.17, 15) is 18.0 Å². The fourth-order valence-corrected chi connectivity index (χ4v) is 2.74. The van der Waals surface area contributed by atoms with Crippen LogP contribution in [0.5, 0.6) is 0 Å². The maximum absolute atomic E-state index is 12.5. The van der Waals surface area contributed by atoms with Crippen LogP contribution < -0.4 is 4.90 Å². The molecule has 6 heteroatoms. The van der Waals surface area contributed by atoms with Crippen molar-refractivity contribution in [1.82, 2.24) is 0 Å². The van der Waals surface area contributed by atoms with Gasteiger partial charge in [0.05, 0.1) is 0 Å². The second-order valence-electron chi connectivity index (χ2n) is 4.46. The minimum absolute atomic E-state index is 0.128. The zero-order valence-corrected chi connectivity index (χ0v) is 11.7. The Morgan fingerprint density at radius 3 is 2.74 bits per heavy atom. The number of amides is 1. The molecule has 0 spiro atoms. The van der Waals surface area contributed by atoms with Crippen molar-refractivity contribution in [3.05, 3.63) is 29.3 Å². The van der Waals surface area contributed by atoms with E-state index in [1.54, 1.807) is 12.1 Å². The summed E-state index contributed by atoms with van der Waals surface area (Å²) in [7, 11) is 0. The summed E-state index contributed by atoms with van der Waals surface area (Å²) in [6.45, 7) is 0.128. The molecule has 0 atom stereocenters. The first-order valence-electron chi connectivity index (χ1n) is 6.00. The molecule has 1 aliphatic rings. The van der Waals surface area contributed by atoms with E-state index < -0.39 is 12.1 Å². The number of hydrogen-bond donors (Lipinski definition) is 0. The lowest BCUT2D eigenvalue weighted by atomic mass is 9.98. The molecule has 1 heterocycles. The average Bonchev–Trinajstić information content (AvgIpc) is 2.36. The van der Waals surface area contributed by atoms with Crippen molar-refractivity contribution in [2.75, 3.05) is 16.8 Å². The SMILES string of the molecule is O=C(N1CCCc2cc(CCBr)ccc21)C(F)(F)F. The van der Waals surface area contributed by atoms with Gasteiger partial charge >= 0.3 is 12.1 Å². The highest BCUT2D eigenvalue weighted by Crippen LogP contribution is 2.31. The highest BCUT2D eigenvalue weighted by molar-refractivity contribution is 9.09. The number of nitrogens with zero attached hydrogens (tertiary/aromatic N) is 1. The zero-order valence-electron chi connectivity index (χ0n) is 10.1. The highest BCUT2D eigenvalue weighted by atomic mass is 79.9. The van der Waals surface area contributed by atoms with Crippen LogP contribution in [-0.2, 0) is 17.6 Å². The fraction of sp³-hybridized carbons (Fsp3) is 0.462. The Labute approximate surface area is 117 Å². The van der Waals surface area contributed by atoms with Crippen LogP contribution in [0.3, 0.4) is 0 Å². The zero-order chi connectivity index (χ0) is 14.0. The van der Waals surface area contributed by atoms with Crippen LogP contribution in [0.25, 0.3) is 0 Å². The molecule has 0 aliphatic carbocycles. The lowest BCUT2D eigenvalue weighted by Crippen LogP contribution is -2.43. The van der Waals surface area contributed by atoms with Crippen LogP contribution in [0.15, 0.2) is 18.2 Å². The number of alkyl halides is 4. The van der Waals surface area contributed by atoms with Crippen molar-refractivity contribution in [2.45, 2.75) is 25.4 Å². The first-order chi connectivity index (χ1) is 8.93. The quantitative estimate of drug-likeness (QED) is 0.758. The Hall–Kier alpha value is -1.04. The van der Waals surface area contributed by atoms with E-state index in [0.29, 0.717) is 18.5 Å². The summed E-state index contributed by atoms with van der Waals surface area (Å²) in [6.07, 6.45) is -2.72. The second-order valence-corrected chi connectivity index (χ2v) is 5.25. The summed E-state index contributed by atoms with van der Waals surface area (Å²) in [5, 5.41) is 0.803. The molecule has 0 aromatic heterocycles. The molecular weight excluding hydrogens is 323 g/mol. The molecule has 1 amide bonds. The van der Waals surface area contributed by atoms with Gasteiger partial charge in [0.15, 0.2) is 0 Å². The Morgan fingerprint density at radius 1 is 1.37 bits per heavy atom. The van der Waals surface area contributed by atoms with Crippen LogP contribution in [0.1, 0.15) is 17.5 Å². The number of carbonyl (C=O) groups excluding carboxylic acids is 1. The van der Waals surface area contributed by atoms with Gasteiger partial charge in [0.25, 0.3) is 0 Å². The van der Waals surface area contributed by atoms with Gasteiger partial charge in [-0.2, -0.15) is 13.2 Å². The largest absolute Gasteiger partial charge is 0.471 e. The smallest absolute Gasteiger partial charge is 0.304 e. The van der Waals surface area contributed by atoms with Gasteiger partial charge in [0.1, 0.15) is 0 Å². The van der Waals surface area contributed by atoms with Gasteiger partial charge in [0.2, 0.25) is 0 Å². The van der Waals surface area contributed by atoms with Gasteiger partial charge in [0, 0.05) is 17.6 Å². The Morgan fingerprint density at radius 2 is 2.11 bits per heavy atom. The number of carbonyl (C=O) groups is 1. The van der Waals surface area contributed by atoms with E-state index >= 15 is 0 Å². The first kappa shape index (κ1) is 14.4. The molecule has 104 valence electrons. The number of hydrogen-bond acceptors (Lipinski definition) is 1. The molecule has 0 fully saturated rings. The Bertz CT molecular complexity index is 487. The number of aryl methyl sites for hydroxylation is 2. The van der Waals surface area contributed by atoms with Crippen LogP contribution >= 0.6 is 15.9 Å². The summed E-state index contributed by atoms with van der Waals surface area (Å²) in [5.74, 6) is -1.78. The molecule has 0 unspecified atom stereocenters. The van der Waals surface area contributed by atoms with E-state index in [1.165, 1.54) is 0 Å². The third-order valence-corrected chi connectivity index (χ3v) is 3.53. The van der Waals surface area contributed by atoms with E-state index in [1.807, 2.05) is 6.07 Å². The van der Waals surface area contributed by atoms with Gasteiger partial charge in [-0.05, 0) is 36.5 Å². The maximum Gasteiger partial charge on any atom is 0.471 e. The maximum atomic E-state index is 12.5. The van der Waals surface area contributed by atoms with Crippen molar-refractivity contribution in [3.8, 4) is 0 Å². The number of rotatable bonds is 2. The highest BCUT2D eigenvalue weighted by Gasteiger charge is 2.43. The minimum atomic E-state index is -4.82. The van der Waals surface area contributed by atoms with Gasteiger partial charge < -0.3 is 4.90 Å². The molecule has 1 aliphatic heterocycles. The predicted molar refractivity (Wildman–Crippen MR) is 70.7 cm³/mol. The van der Waals surface area contributed by atoms with Crippen molar-refractivity contribution < 1.29 is 18.0 Å². The molecule has 19 heavy (non-hydrogen) atoms. The van der Waals surface area contributed by atoms with Crippen molar-refractivity contribution in [2.24, 2.45) is 0 Å². The molecular formula is C13H13BrF3NO. The summed E-state index contributed by atoms with van der Waals surface area (Å²) >= 11 is 3.33. The molecule has 0 saturated carbocycles. The standard InChI is InChI=1S/C13H13BrF3NO/c14-6-5-9-3-4-11-10(8-9)2-1-7-18(11)12(19)13(15,16)17/h3-4,8H,1-2,5-7H2. The van der Waals surface area contributed by atoms with Gasteiger partial charge in [-0.3, -0.25) is 4.79 Å². The van der Waals surface area contributed by atoms with E-state index in [-0.39, 0.29) is 6.54 Å². The van der Waals surface area contributed by atoms with E-state index in [2.05, 4.69) is 15.9 Å². The Kier molecular flexibility index (Phi) is 4.18. The third kappa shape index (κ3) is 3.11. The van der Waals surface area contributed by atoms with Gasteiger partial charge in [-0.1, -0.05) is 28.1 Å². The lowest BCUT2D eigenvalue weighted by Gasteiger charge is -2.30. The molecule has 0 bridgehead atoms. The summed E-state index contributed by atoms with van der Waals surface area (Å²) in [6, 6.07) is 5.30. The topological polar surface area (TPSA) is 20.3 Å². The number of anilines is 1. The third-order valence-electron chi connectivity index (χ3n) is 3.13. The molecule has 2 rings (SSSR count). The normalized spacial score (nSPS) is 15.3. The van der Waals surface area contributed by atoms with Gasteiger partial charge in [-0.15, -0.1) is 0 Å². The molecule has 0 N–H and O–H groups in total. The van der Waals surface area contributed by atoms with Gasteiger partial charge in [-0.25, -0.2) is 0 Å². The van der Waals surface area contributed by atoms with Crippen molar-refractivity contribution in [1.29, 1.82) is 0 Å². The van der Waals surface area contributed by atoms with Crippen molar-refractivity contribution in [3.63, 3.8) is 0 Å². The van der Waals surface area contributed by atoms with Crippen LogP contribution in [0.4, 0.5) is 18.9 Å². The van der Waals surface area contributed by atoms with Crippen LogP contribution in [0, 0.1) is 0 Å². The predicted octanol–water partition coefficient (Wildman–Crippen LogP) is 3.47.